The molecule has 0 amide bonds. The van der Waals surface area contributed by atoms with Crippen LogP contribution in [0, 0.1) is 23.3 Å². The lowest BCUT2D eigenvalue weighted by Gasteiger charge is -2.10. The van der Waals surface area contributed by atoms with Gasteiger partial charge < -0.3 is 5.32 Å². The van der Waals surface area contributed by atoms with Crippen LogP contribution in [0.2, 0.25) is 0 Å². The minimum absolute atomic E-state index is 0.0597. The average molecular weight is 306 g/mol. The molecule has 3 rings (SSSR count). The van der Waals surface area contributed by atoms with Crippen LogP contribution in [0.15, 0.2) is 42.6 Å². The van der Waals surface area contributed by atoms with Crippen molar-refractivity contribution in [1.82, 2.24) is 4.98 Å². The first-order valence-electron chi connectivity index (χ1n) is 6.47. The van der Waals surface area contributed by atoms with Gasteiger partial charge in [-0.1, -0.05) is 12.1 Å². The number of nitrogens with zero attached hydrogens (tertiary/aromatic N) is 1. The van der Waals surface area contributed by atoms with Gasteiger partial charge in [0.1, 0.15) is 11.6 Å². The van der Waals surface area contributed by atoms with E-state index in [1.165, 1.54) is 24.4 Å². The monoisotopic (exact) mass is 306 g/mol. The second kappa shape index (κ2) is 5.63. The van der Waals surface area contributed by atoms with E-state index in [1.807, 2.05) is 0 Å². The Morgan fingerprint density at radius 1 is 0.864 bits per heavy atom. The molecule has 0 bridgehead atoms. The van der Waals surface area contributed by atoms with E-state index in [9.17, 15) is 17.6 Å². The molecule has 2 aromatic carbocycles. The highest BCUT2D eigenvalue weighted by Gasteiger charge is 2.15. The van der Waals surface area contributed by atoms with Crippen LogP contribution in [0.3, 0.4) is 0 Å². The zero-order valence-corrected chi connectivity index (χ0v) is 11.2. The first kappa shape index (κ1) is 14.3. The molecule has 0 unspecified atom stereocenters. The SMILES string of the molecule is Fc1ccc(CNc2nccc3c(F)c(F)c(F)cc23)cc1. The molecule has 0 radical (unpaired) electrons. The normalized spacial score (nSPS) is 10.9. The fraction of sp³-hybridized carbons (Fsp3) is 0.0625. The van der Waals surface area contributed by atoms with Gasteiger partial charge in [0.15, 0.2) is 17.5 Å². The summed E-state index contributed by atoms with van der Waals surface area (Å²) >= 11 is 0. The van der Waals surface area contributed by atoms with Crippen molar-refractivity contribution in [2.75, 3.05) is 5.32 Å². The molecule has 0 aliphatic carbocycles. The van der Waals surface area contributed by atoms with E-state index in [-0.39, 0.29) is 29.0 Å². The highest BCUT2D eigenvalue weighted by Crippen LogP contribution is 2.27. The summed E-state index contributed by atoms with van der Waals surface area (Å²) in [7, 11) is 0. The zero-order valence-electron chi connectivity index (χ0n) is 11.2. The summed E-state index contributed by atoms with van der Waals surface area (Å²) in [6.45, 7) is 0.285. The average Bonchev–Trinajstić information content (AvgIpc) is 2.52. The van der Waals surface area contributed by atoms with Crippen LogP contribution in [-0.2, 0) is 6.54 Å². The van der Waals surface area contributed by atoms with Crippen molar-refractivity contribution in [1.29, 1.82) is 0 Å². The van der Waals surface area contributed by atoms with Gasteiger partial charge in [-0.2, -0.15) is 0 Å². The number of aromatic nitrogens is 1. The smallest absolute Gasteiger partial charge is 0.195 e. The zero-order chi connectivity index (χ0) is 15.7. The quantitative estimate of drug-likeness (QED) is 0.573. The predicted octanol–water partition coefficient (Wildman–Crippen LogP) is 4.40. The van der Waals surface area contributed by atoms with E-state index in [1.54, 1.807) is 12.1 Å². The van der Waals surface area contributed by atoms with Gasteiger partial charge in [0.2, 0.25) is 0 Å². The molecule has 0 fully saturated rings. The molecule has 0 aliphatic rings. The van der Waals surface area contributed by atoms with Crippen molar-refractivity contribution < 1.29 is 17.6 Å². The molecule has 0 atom stereocenters. The third-order valence-electron chi connectivity index (χ3n) is 3.27. The second-order valence-corrected chi connectivity index (χ2v) is 4.72. The summed E-state index contributed by atoms with van der Waals surface area (Å²) in [6, 6.07) is 7.94. The number of anilines is 1. The number of hydrogen-bond donors (Lipinski definition) is 1. The van der Waals surface area contributed by atoms with Crippen LogP contribution in [0.25, 0.3) is 10.8 Å². The summed E-state index contributed by atoms with van der Waals surface area (Å²) in [5.41, 5.74) is 0.767. The Balaban J connectivity index is 1.95. The van der Waals surface area contributed by atoms with Crippen molar-refractivity contribution in [2.24, 2.45) is 0 Å². The lowest BCUT2D eigenvalue weighted by Crippen LogP contribution is -2.03. The number of pyridine rings is 1. The van der Waals surface area contributed by atoms with Crippen LogP contribution in [0.5, 0.6) is 0 Å². The first-order valence-corrected chi connectivity index (χ1v) is 6.47. The minimum atomic E-state index is -1.51. The van der Waals surface area contributed by atoms with Gasteiger partial charge in [-0.25, -0.2) is 22.5 Å². The maximum atomic E-state index is 13.7. The fourth-order valence-corrected chi connectivity index (χ4v) is 2.15. The van der Waals surface area contributed by atoms with Gasteiger partial charge >= 0.3 is 0 Å². The molecule has 3 aromatic rings. The van der Waals surface area contributed by atoms with E-state index < -0.39 is 17.5 Å². The Morgan fingerprint density at radius 3 is 2.32 bits per heavy atom. The highest BCUT2D eigenvalue weighted by molar-refractivity contribution is 5.92. The maximum Gasteiger partial charge on any atom is 0.195 e. The van der Waals surface area contributed by atoms with E-state index >= 15 is 0 Å². The summed E-state index contributed by atoms with van der Waals surface area (Å²) < 4.78 is 53.2. The van der Waals surface area contributed by atoms with Gasteiger partial charge in [-0.05, 0) is 29.8 Å². The van der Waals surface area contributed by atoms with Crippen molar-refractivity contribution >= 4 is 16.6 Å². The van der Waals surface area contributed by atoms with Crippen LogP contribution >= 0.6 is 0 Å². The van der Waals surface area contributed by atoms with Crippen LogP contribution in [-0.4, -0.2) is 4.98 Å². The van der Waals surface area contributed by atoms with Gasteiger partial charge in [0.25, 0.3) is 0 Å². The summed E-state index contributed by atoms with van der Waals surface area (Å²) in [5, 5.41) is 2.99. The van der Waals surface area contributed by atoms with Crippen molar-refractivity contribution in [3.05, 3.63) is 71.4 Å². The van der Waals surface area contributed by atoms with Crippen molar-refractivity contribution in [3.8, 4) is 0 Å². The van der Waals surface area contributed by atoms with Crippen molar-refractivity contribution in [3.63, 3.8) is 0 Å². The number of halogens is 4. The Morgan fingerprint density at radius 2 is 1.59 bits per heavy atom. The third kappa shape index (κ3) is 2.59. The van der Waals surface area contributed by atoms with Gasteiger partial charge in [0, 0.05) is 23.5 Å². The lowest BCUT2D eigenvalue weighted by molar-refractivity contribution is 0.453. The van der Waals surface area contributed by atoms with Crippen LogP contribution in [0.4, 0.5) is 23.4 Å². The fourth-order valence-electron chi connectivity index (χ4n) is 2.15. The summed E-state index contributed by atoms with van der Waals surface area (Å²) in [6.07, 6.45) is 1.30. The van der Waals surface area contributed by atoms with E-state index in [4.69, 9.17) is 0 Å². The van der Waals surface area contributed by atoms with Gasteiger partial charge in [-0.3, -0.25) is 0 Å². The molecule has 112 valence electrons. The minimum Gasteiger partial charge on any atom is -0.365 e. The molecule has 0 aliphatic heterocycles. The second-order valence-electron chi connectivity index (χ2n) is 4.72. The van der Waals surface area contributed by atoms with Crippen LogP contribution in [0.1, 0.15) is 5.56 Å². The Hall–Kier alpha value is -2.63. The molecule has 0 spiro atoms. The molecular formula is C16H10F4N2. The van der Waals surface area contributed by atoms with Crippen molar-refractivity contribution in [2.45, 2.75) is 6.54 Å². The van der Waals surface area contributed by atoms with E-state index in [2.05, 4.69) is 10.3 Å². The highest BCUT2D eigenvalue weighted by atomic mass is 19.2. The van der Waals surface area contributed by atoms with E-state index in [0.717, 1.165) is 11.6 Å². The Kier molecular flexibility index (Phi) is 3.66. The van der Waals surface area contributed by atoms with E-state index in [0.29, 0.717) is 0 Å². The third-order valence-corrected chi connectivity index (χ3v) is 3.27. The summed E-state index contributed by atoms with van der Waals surface area (Å²) in [5.74, 6) is -4.17. The molecule has 1 heterocycles. The number of nitrogens with one attached hydrogen (secondary N) is 1. The maximum absolute atomic E-state index is 13.7. The number of fused-ring (bicyclic) bond motifs is 1. The number of hydrogen-bond acceptors (Lipinski definition) is 2. The number of rotatable bonds is 3. The topological polar surface area (TPSA) is 24.9 Å². The molecule has 0 saturated carbocycles. The molecule has 2 nitrogen and oxygen atoms in total. The molecule has 6 heteroatoms. The molecule has 1 N–H and O–H groups in total. The summed E-state index contributed by atoms with van der Waals surface area (Å²) in [4.78, 5) is 4.01. The van der Waals surface area contributed by atoms with Gasteiger partial charge in [0.05, 0.1) is 0 Å². The standard InChI is InChI=1S/C16H10F4N2/c17-10-3-1-9(2-4-10)8-22-16-12-7-13(18)15(20)14(19)11(12)5-6-21-16/h1-7H,8H2,(H,21,22). The molecular weight excluding hydrogens is 296 g/mol. The Labute approximate surface area is 123 Å². The molecule has 0 saturated heterocycles. The van der Waals surface area contributed by atoms with Gasteiger partial charge in [-0.15, -0.1) is 0 Å². The first-order chi connectivity index (χ1) is 10.6. The molecule has 22 heavy (non-hydrogen) atoms. The van der Waals surface area contributed by atoms with Crippen LogP contribution < -0.4 is 5.32 Å². The Bertz CT molecular complexity index is 832. The molecule has 1 aromatic heterocycles. The largest absolute Gasteiger partial charge is 0.365 e. The number of benzene rings is 2. The predicted molar refractivity (Wildman–Crippen MR) is 75.3 cm³/mol. The lowest BCUT2D eigenvalue weighted by atomic mass is 10.1.